The first-order valence-electron chi connectivity index (χ1n) is 5.47. The molecular weight excluding hydrogens is 186 g/mol. The molecule has 0 radical (unpaired) electrons. The molecular formula is C13H21NO. The van der Waals surface area contributed by atoms with Crippen LogP contribution in [0.3, 0.4) is 0 Å². The number of benzene rings is 1. The van der Waals surface area contributed by atoms with Gasteiger partial charge in [-0.25, -0.2) is 0 Å². The van der Waals surface area contributed by atoms with Crippen molar-refractivity contribution in [2.24, 2.45) is 5.73 Å². The van der Waals surface area contributed by atoms with Gasteiger partial charge in [-0.3, -0.25) is 0 Å². The molecule has 0 bridgehead atoms. The molecule has 2 heteroatoms. The maximum absolute atomic E-state index is 5.84. The summed E-state index contributed by atoms with van der Waals surface area (Å²) in [5.41, 5.74) is 8.44. The van der Waals surface area contributed by atoms with Crippen LogP contribution in [0.25, 0.3) is 0 Å². The molecule has 0 aromatic heterocycles. The fourth-order valence-corrected chi connectivity index (χ4v) is 1.95. The minimum Gasteiger partial charge on any atom is -0.496 e. The zero-order valence-electron chi connectivity index (χ0n) is 10.1. The Labute approximate surface area is 92.4 Å². The highest BCUT2D eigenvalue weighted by molar-refractivity contribution is 5.42. The summed E-state index contributed by atoms with van der Waals surface area (Å²) in [6.07, 6.45) is 0.907. The first kappa shape index (κ1) is 12.1. The van der Waals surface area contributed by atoms with E-state index in [1.54, 1.807) is 7.11 Å². The molecule has 2 N–H and O–H groups in total. The molecule has 0 aliphatic rings. The molecule has 1 unspecified atom stereocenters. The van der Waals surface area contributed by atoms with Crippen molar-refractivity contribution in [1.82, 2.24) is 0 Å². The SMILES string of the molecule is COc1cccc(CC(C)N)c1C(C)C. The molecule has 0 aliphatic carbocycles. The Hall–Kier alpha value is -1.02. The molecule has 1 aromatic rings. The van der Waals surface area contributed by atoms with Crippen LogP contribution in [0.1, 0.15) is 37.8 Å². The van der Waals surface area contributed by atoms with Crippen molar-refractivity contribution >= 4 is 0 Å². The van der Waals surface area contributed by atoms with Gasteiger partial charge in [-0.1, -0.05) is 26.0 Å². The molecule has 0 amide bonds. The minimum atomic E-state index is 0.189. The first-order chi connectivity index (χ1) is 7.06. The Bertz CT molecular complexity index is 318. The number of rotatable bonds is 4. The standard InChI is InChI=1S/C13H21NO/c1-9(2)13-11(8-10(3)14)6-5-7-12(13)15-4/h5-7,9-10H,8,14H2,1-4H3. The molecule has 0 fully saturated rings. The lowest BCUT2D eigenvalue weighted by molar-refractivity contribution is 0.406. The van der Waals surface area contributed by atoms with E-state index in [0.717, 1.165) is 12.2 Å². The smallest absolute Gasteiger partial charge is 0.122 e. The summed E-state index contributed by atoms with van der Waals surface area (Å²) in [5.74, 6) is 1.44. The van der Waals surface area contributed by atoms with E-state index >= 15 is 0 Å². The molecule has 0 saturated heterocycles. The lowest BCUT2D eigenvalue weighted by Crippen LogP contribution is -2.19. The Morgan fingerprint density at radius 1 is 1.27 bits per heavy atom. The number of nitrogens with two attached hydrogens (primary N) is 1. The van der Waals surface area contributed by atoms with Crippen LogP contribution in [0.5, 0.6) is 5.75 Å². The molecule has 1 aromatic carbocycles. The summed E-state index contributed by atoms with van der Waals surface area (Å²) in [6, 6.07) is 6.37. The van der Waals surface area contributed by atoms with Crippen LogP contribution in [-0.2, 0) is 6.42 Å². The number of methoxy groups -OCH3 is 1. The zero-order chi connectivity index (χ0) is 11.4. The molecule has 84 valence electrons. The van der Waals surface area contributed by atoms with E-state index in [-0.39, 0.29) is 6.04 Å². The molecule has 0 aliphatic heterocycles. The van der Waals surface area contributed by atoms with Crippen molar-refractivity contribution in [3.63, 3.8) is 0 Å². The third-order valence-corrected chi connectivity index (χ3v) is 2.50. The highest BCUT2D eigenvalue weighted by Gasteiger charge is 2.13. The monoisotopic (exact) mass is 207 g/mol. The fourth-order valence-electron chi connectivity index (χ4n) is 1.95. The highest BCUT2D eigenvalue weighted by Crippen LogP contribution is 2.30. The van der Waals surface area contributed by atoms with Gasteiger partial charge in [-0.05, 0) is 36.5 Å². The average molecular weight is 207 g/mol. The van der Waals surface area contributed by atoms with E-state index in [2.05, 4.69) is 19.9 Å². The Morgan fingerprint density at radius 3 is 2.40 bits per heavy atom. The molecule has 2 nitrogen and oxygen atoms in total. The van der Waals surface area contributed by atoms with Crippen LogP contribution in [0.4, 0.5) is 0 Å². The molecule has 0 saturated carbocycles. The zero-order valence-corrected chi connectivity index (χ0v) is 10.1. The van der Waals surface area contributed by atoms with Crippen molar-refractivity contribution in [2.75, 3.05) is 7.11 Å². The van der Waals surface area contributed by atoms with Crippen molar-refractivity contribution < 1.29 is 4.74 Å². The average Bonchev–Trinajstić information content (AvgIpc) is 2.15. The van der Waals surface area contributed by atoms with E-state index in [1.165, 1.54) is 11.1 Å². The van der Waals surface area contributed by atoms with E-state index in [4.69, 9.17) is 10.5 Å². The van der Waals surface area contributed by atoms with E-state index in [0.29, 0.717) is 5.92 Å². The van der Waals surface area contributed by atoms with Crippen LogP contribution in [0.2, 0.25) is 0 Å². The van der Waals surface area contributed by atoms with Gasteiger partial charge in [0.05, 0.1) is 7.11 Å². The molecule has 0 heterocycles. The number of ether oxygens (including phenoxy) is 1. The Morgan fingerprint density at radius 2 is 1.93 bits per heavy atom. The second-order valence-corrected chi connectivity index (χ2v) is 4.37. The molecule has 15 heavy (non-hydrogen) atoms. The van der Waals surface area contributed by atoms with Gasteiger partial charge in [-0.15, -0.1) is 0 Å². The lowest BCUT2D eigenvalue weighted by Gasteiger charge is -2.17. The maximum atomic E-state index is 5.84. The van der Waals surface area contributed by atoms with Crippen LogP contribution in [0.15, 0.2) is 18.2 Å². The second-order valence-electron chi connectivity index (χ2n) is 4.37. The molecule has 1 rings (SSSR count). The van der Waals surface area contributed by atoms with Crippen molar-refractivity contribution in [3.05, 3.63) is 29.3 Å². The van der Waals surface area contributed by atoms with Gasteiger partial charge < -0.3 is 10.5 Å². The summed E-state index contributed by atoms with van der Waals surface area (Å²) in [5, 5.41) is 0. The quantitative estimate of drug-likeness (QED) is 0.824. The Balaban J connectivity index is 3.13. The highest BCUT2D eigenvalue weighted by atomic mass is 16.5. The van der Waals surface area contributed by atoms with Crippen LogP contribution < -0.4 is 10.5 Å². The normalized spacial score (nSPS) is 12.9. The van der Waals surface area contributed by atoms with Gasteiger partial charge in [0, 0.05) is 6.04 Å². The fraction of sp³-hybridized carbons (Fsp3) is 0.538. The van der Waals surface area contributed by atoms with Crippen LogP contribution >= 0.6 is 0 Å². The predicted molar refractivity (Wildman–Crippen MR) is 64.4 cm³/mol. The van der Waals surface area contributed by atoms with Gasteiger partial charge in [-0.2, -0.15) is 0 Å². The summed E-state index contributed by atoms with van der Waals surface area (Å²) >= 11 is 0. The molecule has 0 spiro atoms. The summed E-state index contributed by atoms with van der Waals surface area (Å²) < 4.78 is 5.39. The van der Waals surface area contributed by atoms with Gasteiger partial charge >= 0.3 is 0 Å². The lowest BCUT2D eigenvalue weighted by atomic mass is 9.92. The van der Waals surface area contributed by atoms with E-state index in [9.17, 15) is 0 Å². The van der Waals surface area contributed by atoms with Crippen LogP contribution in [0, 0.1) is 0 Å². The van der Waals surface area contributed by atoms with Gasteiger partial charge in [0.2, 0.25) is 0 Å². The summed E-state index contributed by atoms with van der Waals surface area (Å²) in [7, 11) is 1.72. The summed E-state index contributed by atoms with van der Waals surface area (Å²) in [4.78, 5) is 0. The Kier molecular flexibility index (Phi) is 4.15. The third kappa shape index (κ3) is 2.96. The van der Waals surface area contributed by atoms with Crippen molar-refractivity contribution in [2.45, 2.75) is 39.2 Å². The van der Waals surface area contributed by atoms with Gasteiger partial charge in [0.1, 0.15) is 5.75 Å². The van der Waals surface area contributed by atoms with E-state index in [1.807, 2.05) is 19.1 Å². The topological polar surface area (TPSA) is 35.2 Å². The van der Waals surface area contributed by atoms with Gasteiger partial charge in [0.15, 0.2) is 0 Å². The van der Waals surface area contributed by atoms with Gasteiger partial charge in [0.25, 0.3) is 0 Å². The molecule has 1 atom stereocenters. The largest absolute Gasteiger partial charge is 0.496 e. The number of hydrogen-bond acceptors (Lipinski definition) is 2. The maximum Gasteiger partial charge on any atom is 0.122 e. The van der Waals surface area contributed by atoms with Crippen molar-refractivity contribution in [1.29, 1.82) is 0 Å². The van der Waals surface area contributed by atoms with Crippen molar-refractivity contribution in [3.8, 4) is 5.75 Å². The second kappa shape index (κ2) is 5.17. The van der Waals surface area contributed by atoms with Crippen LogP contribution in [-0.4, -0.2) is 13.2 Å². The minimum absolute atomic E-state index is 0.189. The predicted octanol–water partition coefficient (Wildman–Crippen LogP) is 2.71. The first-order valence-corrected chi connectivity index (χ1v) is 5.47. The summed E-state index contributed by atoms with van der Waals surface area (Å²) in [6.45, 7) is 6.40. The third-order valence-electron chi connectivity index (χ3n) is 2.50. The van der Waals surface area contributed by atoms with E-state index < -0.39 is 0 Å². The number of hydrogen-bond donors (Lipinski definition) is 1.